The third-order valence-corrected chi connectivity index (χ3v) is 5.68. The van der Waals surface area contributed by atoms with Crippen molar-refractivity contribution in [2.45, 2.75) is 70.0 Å². The monoisotopic (exact) mass is 294 g/mol. The summed E-state index contributed by atoms with van der Waals surface area (Å²) >= 11 is 0. The van der Waals surface area contributed by atoms with E-state index in [1.807, 2.05) is 6.92 Å². The van der Waals surface area contributed by atoms with Gasteiger partial charge in [0, 0.05) is 12.6 Å². The van der Waals surface area contributed by atoms with Crippen molar-refractivity contribution in [2.24, 2.45) is 11.8 Å². The molecular formula is C16H26N2O3. The van der Waals surface area contributed by atoms with Gasteiger partial charge in [0.1, 0.15) is 6.04 Å². The first-order valence-electron chi connectivity index (χ1n) is 8.37. The van der Waals surface area contributed by atoms with Crippen molar-refractivity contribution in [1.82, 2.24) is 10.2 Å². The molecule has 1 amide bonds. The van der Waals surface area contributed by atoms with Crippen molar-refractivity contribution in [1.29, 1.82) is 0 Å². The van der Waals surface area contributed by atoms with Crippen LogP contribution in [-0.2, 0) is 9.59 Å². The molecule has 5 nitrogen and oxygen atoms in total. The fraction of sp³-hybridized carbons (Fsp3) is 0.875. The fourth-order valence-corrected chi connectivity index (χ4v) is 4.46. The number of rotatable bonds is 2. The van der Waals surface area contributed by atoms with Gasteiger partial charge in [-0.05, 0) is 43.9 Å². The Labute approximate surface area is 126 Å². The number of nitrogens with zero attached hydrogens (tertiary/aromatic N) is 1. The molecule has 0 aromatic carbocycles. The molecule has 3 rings (SSSR count). The van der Waals surface area contributed by atoms with E-state index in [-0.39, 0.29) is 17.9 Å². The molecular weight excluding hydrogens is 268 g/mol. The minimum atomic E-state index is -0.861. The van der Waals surface area contributed by atoms with E-state index < -0.39 is 12.0 Å². The van der Waals surface area contributed by atoms with Crippen LogP contribution >= 0.6 is 0 Å². The van der Waals surface area contributed by atoms with Crippen LogP contribution in [0.4, 0.5) is 0 Å². The predicted octanol–water partition coefficient (Wildman–Crippen LogP) is 1.62. The molecule has 2 aliphatic heterocycles. The minimum absolute atomic E-state index is 0.00998. The summed E-state index contributed by atoms with van der Waals surface area (Å²) in [6, 6.07) is -0.343. The highest BCUT2D eigenvalue weighted by Crippen LogP contribution is 2.33. The number of carboxylic acid groups (broad SMARTS) is 1. The SMILES string of the molecule is CC1CCN(C(=O)C2CCC3CCCCC3N2)C1C(=O)O. The number of carboxylic acids is 1. The number of hydrogen-bond donors (Lipinski definition) is 2. The highest BCUT2D eigenvalue weighted by atomic mass is 16.4. The minimum Gasteiger partial charge on any atom is -0.480 e. The molecule has 0 aromatic heterocycles. The van der Waals surface area contributed by atoms with Crippen molar-refractivity contribution in [2.75, 3.05) is 6.54 Å². The van der Waals surface area contributed by atoms with Gasteiger partial charge in [-0.25, -0.2) is 4.79 Å². The number of hydrogen-bond acceptors (Lipinski definition) is 3. The summed E-state index contributed by atoms with van der Waals surface area (Å²) in [7, 11) is 0. The van der Waals surface area contributed by atoms with Gasteiger partial charge in [0.2, 0.25) is 5.91 Å². The van der Waals surface area contributed by atoms with Gasteiger partial charge in [-0.1, -0.05) is 19.8 Å². The molecule has 0 spiro atoms. The maximum atomic E-state index is 12.7. The van der Waals surface area contributed by atoms with Gasteiger partial charge >= 0.3 is 5.97 Å². The van der Waals surface area contributed by atoms with Gasteiger partial charge in [-0.2, -0.15) is 0 Å². The van der Waals surface area contributed by atoms with Gasteiger partial charge < -0.3 is 15.3 Å². The van der Waals surface area contributed by atoms with E-state index in [2.05, 4.69) is 5.32 Å². The summed E-state index contributed by atoms with van der Waals surface area (Å²) in [4.78, 5) is 25.8. The summed E-state index contributed by atoms with van der Waals surface area (Å²) in [6.07, 6.45) is 7.75. The topological polar surface area (TPSA) is 69.6 Å². The zero-order chi connectivity index (χ0) is 15.0. The number of amides is 1. The smallest absolute Gasteiger partial charge is 0.326 e. The Morgan fingerprint density at radius 3 is 2.62 bits per heavy atom. The highest BCUT2D eigenvalue weighted by molar-refractivity contribution is 5.88. The van der Waals surface area contributed by atoms with E-state index in [0.717, 1.165) is 31.6 Å². The zero-order valence-corrected chi connectivity index (χ0v) is 12.8. The molecule has 1 aliphatic carbocycles. The third-order valence-electron chi connectivity index (χ3n) is 5.68. The van der Waals surface area contributed by atoms with Gasteiger partial charge in [-0.3, -0.25) is 4.79 Å². The highest BCUT2D eigenvalue weighted by Gasteiger charge is 2.43. The Bertz CT molecular complexity index is 426. The number of aliphatic carboxylic acids is 1. The van der Waals surface area contributed by atoms with Crippen LogP contribution in [0.25, 0.3) is 0 Å². The molecule has 0 aromatic rings. The first-order valence-corrected chi connectivity index (χ1v) is 8.37. The molecule has 3 aliphatic rings. The maximum absolute atomic E-state index is 12.7. The lowest BCUT2D eigenvalue weighted by atomic mass is 9.77. The average Bonchev–Trinajstić information content (AvgIpc) is 2.88. The quantitative estimate of drug-likeness (QED) is 0.812. The zero-order valence-electron chi connectivity index (χ0n) is 12.8. The Balaban J connectivity index is 1.66. The van der Waals surface area contributed by atoms with Crippen LogP contribution in [0.1, 0.15) is 51.9 Å². The molecule has 5 heteroatoms. The third kappa shape index (κ3) is 2.80. The first kappa shape index (κ1) is 14.8. The summed E-state index contributed by atoms with van der Waals surface area (Å²) in [5.74, 6) is -0.0801. The van der Waals surface area contributed by atoms with Crippen molar-refractivity contribution < 1.29 is 14.7 Å². The second-order valence-corrected chi connectivity index (χ2v) is 7.03. The molecule has 2 saturated heterocycles. The number of likely N-dealkylation sites (tertiary alicyclic amines) is 1. The molecule has 1 saturated carbocycles. The van der Waals surface area contributed by atoms with E-state index in [9.17, 15) is 14.7 Å². The summed E-state index contributed by atoms with van der Waals surface area (Å²) in [5, 5.41) is 12.9. The summed E-state index contributed by atoms with van der Waals surface area (Å²) in [5.41, 5.74) is 0. The first-order chi connectivity index (χ1) is 10.1. The van der Waals surface area contributed by atoms with Crippen LogP contribution in [0.3, 0.4) is 0 Å². The second-order valence-electron chi connectivity index (χ2n) is 7.03. The van der Waals surface area contributed by atoms with Crippen molar-refractivity contribution in [3.8, 4) is 0 Å². The Kier molecular flexibility index (Phi) is 4.20. The van der Waals surface area contributed by atoms with Crippen molar-refractivity contribution in [3.63, 3.8) is 0 Å². The number of piperidine rings is 1. The van der Waals surface area contributed by atoms with E-state index in [0.29, 0.717) is 12.6 Å². The lowest BCUT2D eigenvalue weighted by Crippen LogP contribution is -2.57. The van der Waals surface area contributed by atoms with Crippen LogP contribution in [-0.4, -0.2) is 46.6 Å². The van der Waals surface area contributed by atoms with Gasteiger partial charge in [0.15, 0.2) is 0 Å². The number of carbonyl (C=O) groups excluding carboxylic acids is 1. The van der Waals surface area contributed by atoms with Crippen molar-refractivity contribution in [3.05, 3.63) is 0 Å². The maximum Gasteiger partial charge on any atom is 0.326 e. The number of carbonyl (C=O) groups is 2. The second kappa shape index (κ2) is 5.95. The summed E-state index contributed by atoms with van der Waals surface area (Å²) < 4.78 is 0. The number of nitrogens with one attached hydrogen (secondary N) is 1. The lowest BCUT2D eigenvalue weighted by Gasteiger charge is -2.41. The van der Waals surface area contributed by atoms with Crippen LogP contribution in [0.2, 0.25) is 0 Å². The van der Waals surface area contributed by atoms with Gasteiger partial charge in [0.25, 0.3) is 0 Å². The molecule has 0 bridgehead atoms. The average molecular weight is 294 g/mol. The normalized spacial score (nSPS) is 39.9. The standard InChI is InChI=1S/C16H26N2O3/c1-10-8-9-18(14(10)16(20)21)15(19)13-7-6-11-4-2-3-5-12(11)17-13/h10-14,17H,2-9H2,1H3,(H,20,21). The van der Waals surface area contributed by atoms with Crippen LogP contribution in [0.15, 0.2) is 0 Å². The predicted molar refractivity (Wildman–Crippen MR) is 78.8 cm³/mol. The Morgan fingerprint density at radius 1 is 1.10 bits per heavy atom. The molecule has 118 valence electrons. The van der Waals surface area contributed by atoms with Crippen LogP contribution in [0.5, 0.6) is 0 Å². The van der Waals surface area contributed by atoms with Gasteiger partial charge in [-0.15, -0.1) is 0 Å². The summed E-state index contributed by atoms with van der Waals surface area (Å²) in [6.45, 7) is 2.51. The molecule has 2 N–H and O–H groups in total. The number of fused-ring (bicyclic) bond motifs is 1. The van der Waals surface area contributed by atoms with Crippen LogP contribution < -0.4 is 5.32 Å². The molecule has 21 heavy (non-hydrogen) atoms. The molecule has 5 unspecified atom stereocenters. The lowest BCUT2D eigenvalue weighted by molar-refractivity contribution is -0.150. The molecule has 2 heterocycles. The fourth-order valence-electron chi connectivity index (χ4n) is 4.46. The van der Waals surface area contributed by atoms with E-state index >= 15 is 0 Å². The molecule has 5 atom stereocenters. The van der Waals surface area contributed by atoms with Crippen molar-refractivity contribution >= 4 is 11.9 Å². The Morgan fingerprint density at radius 2 is 1.86 bits per heavy atom. The molecule has 3 fully saturated rings. The van der Waals surface area contributed by atoms with Crippen LogP contribution in [0, 0.1) is 11.8 Å². The van der Waals surface area contributed by atoms with E-state index in [1.165, 1.54) is 19.3 Å². The van der Waals surface area contributed by atoms with E-state index in [1.54, 1.807) is 4.90 Å². The van der Waals surface area contributed by atoms with Gasteiger partial charge in [0.05, 0.1) is 6.04 Å². The Hall–Kier alpha value is -1.10. The molecule has 0 radical (unpaired) electrons. The largest absolute Gasteiger partial charge is 0.480 e. The van der Waals surface area contributed by atoms with E-state index in [4.69, 9.17) is 0 Å².